The summed E-state index contributed by atoms with van der Waals surface area (Å²) < 4.78 is 48.7. The normalized spacial score (nSPS) is 12.4. The van der Waals surface area contributed by atoms with Crippen LogP contribution in [0.1, 0.15) is 5.56 Å². The summed E-state index contributed by atoms with van der Waals surface area (Å²) in [5.74, 6) is 0. The maximum atomic E-state index is 12.1. The van der Waals surface area contributed by atoms with Crippen molar-refractivity contribution in [1.29, 1.82) is 0 Å². The Morgan fingerprint density at radius 1 is 1.41 bits per heavy atom. The van der Waals surface area contributed by atoms with Crippen molar-refractivity contribution >= 4 is 15.7 Å². The first kappa shape index (κ1) is 13.9. The highest BCUT2D eigenvalue weighted by molar-refractivity contribution is 7.89. The van der Waals surface area contributed by atoms with Gasteiger partial charge in [0.15, 0.2) is 0 Å². The van der Waals surface area contributed by atoms with Crippen LogP contribution in [-0.4, -0.2) is 32.7 Å². The van der Waals surface area contributed by atoms with Gasteiger partial charge in [-0.1, -0.05) is 0 Å². The van der Waals surface area contributed by atoms with Crippen molar-refractivity contribution in [3.63, 3.8) is 0 Å². The van der Waals surface area contributed by atoms with Crippen LogP contribution in [0.5, 0.6) is 0 Å². The topological polar surface area (TPSA) is 63.4 Å². The van der Waals surface area contributed by atoms with Crippen LogP contribution < -0.4 is 5.73 Å². The predicted octanol–water partition coefficient (Wildman–Crippen LogP) is 1.46. The van der Waals surface area contributed by atoms with Crippen molar-refractivity contribution in [3.05, 3.63) is 23.8 Å². The molecule has 7 heteroatoms. The molecule has 1 rings (SSSR count). The summed E-state index contributed by atoms with van der Waals surface area (Å²) in [5.41, 5.74) is 6.61. The van der Waals surface area contributed by atoms with E-state index in [1.807, 2.05) is 0 Å². The van der Waals surface area contributed by atoms with Gasteiger partial charge in [0, 0.05) is 12.7 Å². The summed E-state index contributed by atoms with van der Waals surface area (Å²) in [6.07, 6.45) is -2.70. The number of halogens is 2. The van der Waals surface area contributed by atoms with Crippen LogP contribution >= 0.6 is 0 Å². The number of alkyl halides is 2. The van der Waals surface area contributed by atoms with E-state index in [4.69, 9.17) is 5.73 Å². The number of anilines is 1. The van der Waals surface area contributed by atoms with E-state index < -0.39 is 23.0 Å². The average molecular weight is 264 g/mol. The zero-order valence-corrected chi connectivity index (χ0v) is 10.3. The number of nitrogen functional groups attached to an aromatic ring is 1. The Labute approximate surface area is 99.1 Å². The second kappa shape index (κ2) is 4.97. The van der Waals surface area contributed by atoms with E-state index >= 15 is 0 Å². The molecule has 0 aliphatic carbocycles. The number of aryl methyl sites for hydroxylation is 1. The van der Waals surface area contributed by atoms with Crippen LogP contribution in [0, 0.1) is 6.92 Å². The standard InChI is InChI=1S/C10H14F2N2O2S/c1-7-5-8(3-4-9(7)13)17(15,16)14(2)6-10(11)12/h3-5,10H,6,13H2,1-2H3. The first-order valence-corrected chi connectivity index (χ1v) is 6.29. The highest BCUT2D eigenvalue weighted by atomic mass is 32.2. The molecule has 2 N–H and O–H groups in total. The minimum atomic E-state index is -3.88. The molecule has 0 unspecified atom stereocenters. The fourth-order valence-electron chi connectivity index (χ4n) is 1.28. The SMILES string of the molecule is Cc1cc(S(=O)(=O)N(C)CC(F)F)ccc1N. The second-order valence-electron chi connectivity index (χ2n) is 3.70. The number of hydrogen-bond acceptors (Lipinski definition) is 3. The number of benzene rings is 1. The number of rotatable bonds is 4. The van der Waals surface area contributed by atoms with Gasteiger partial charge in [0.25, 0.3) is 6.43 Å². The molecule has 0 saturated heterocycles. The van der Waals surface area contributed by atoms with Gasteiger partial charge in [0.2, 0.25) is 10.0 Å². The molecule has 0 saturated carbocycles. The molecule has 0 heterocycles. The minimum Gasteiger partial charge on any atom is -0.399 e. The fraction of sp³-hybridized carbons (Fsp3) is 0.400. The fourth-order valence-corrected chi connectivity index (χ4v) is 2.52. The maximum Gasteiger partial charge on any atom is 0.252 e. The van der Waals surface area contributed by atoms with Gasteiger partial charge in [-0.25, -0.2) is 17.2 Å². The quantitative estimate of drug-likeness (QED) is 0.837. The monoisotopic (exact) mass is 264 g/mol. The van der Waals surface area contributed by atoms with E-state index in [-0.39, 0.29) is 4.90 Å². The summed E-state index contributed by atoms with van der Waals surface area (Å²) in [6.45, 7) is 0.827. The molecule has 0 aliphatic rings. The molecule has 96 valence electrons. The minimum absolute atomic E-state index is 0.0349. The second-order valence-corrected chi connectivity index (χ2v) is 5.74. The molecule has 0 spiro atoms. The third-order valence-electron chi connectivity index (χ3n) is 2.34. The maximum absolute atomic E-state index is 12.1. The lowest BCUT2D eigenvalue weighted by molar-refractivity contribution is 0.126. The van der Waals surface area contributed by atoms with Crippen LogP contribution in [0.15, 0.2) is 23.1 Å². The Morgan fingerprint density at radius 3 is 2.47 bits per heavy atom. The van der Waals surface area contributed by atoms with Crippen molar-refractivity contribution in [2.75, 3.05) is 19.3 Å². The van der Waals surface area contributed by atoms with Gasteiger partial charge in [0.1, 0.15) is 0 Å². The smallest absolute Gasteiger partial charge is 0.252 e. The van der Waals surface area contributed by atoms with Crippen molar-refractivity contribution in [2.45, 2.75) is 18.2 Å². The molecule has 0 fully saturated rings. The van der Waals surface area contributed by atoms with Gasteiger partial charge in [-0.05, 0) is 30.7 Å². The first-order valence-electron chi connectivity index (χ1n) is 4.85. The van der Waals surface area contributed by atoms with E-state index in [0.717, 1.165) is 7.05 Å². The number of nitrogens with two attached hydrogens (primary N) is 1. The Hall–Kier alpha value is -1.21. The summed E-state index contributed by atoms with van der Waals surface area (Å²) in [5, 5.41) is 0. The van der Waals surface area contributed by atoms with Gasteiger partial charge in [-0.2, -0.15) is 4.31 Å². The van der Waals surface area contributed by atoms with Crippen molar-refractivity contribution in [2.24, 2.45) is 0 Å². The van der Waals surface area contributed by atoms with Gasteiger partial charge in [0.05, 0.1) is 11.4 Å². The Morgan fingerprint density at radius 2 is 2.00 bits per heavy atom. The number of sulfonamides is 1. The molecule has 0 aliphatic heterocycles. The van der Waals surface area contributed by atoms with E-state index in [0.29, 0.717) is 15.6 Å². The van der Waals surface area contributed by atoms with Crippen LogP contribution in [0.3, 0.4) is 0 Å². The lowest BCUT2D eigenvalue weighted by Gasteiger charge is -2.17. The molecule has 1 aromatic carbocycles. The lowest BCUT2D eigenvalue weighted by Crippen LogP contribution is -2.31. The van der Waals surface area contributed by atoms with E-state index in [9.17, 15) is 17.2 Å². The molecule has 4 nitrogen and oxygen atoms in total. The van der Waals surface area contributed by atoms with Gasteiger partial charge < -0.3 is 5.73 Å². The zero-order chi connectivity index (χ0) is 13.2. The Kier molecular flexibility index (Phi) is 4.05. The van der Waals surface area contributed by atoms with E-state index in [2.05, 4.69) is 0 Å². The van der Waals surface area contributed by atoms with Crippen molar-refractivity contribution in [3.8, 4) is 0 Å². The van der Waals surface area contributed by atoms with Crippen molar-refractivity contribution in [1.82, 2.24) is 4.31 Å². The summed E-state index contributed by atoms with van der Waals surface area (Å²) in [7, 11) is -2.76. The van der Waals surface area contributed by atoms with Crippen LogP contribution in [0.25, 0.3) is 0 Å². The summed E-state index contributed by atoms with van der Waals surface area (Å²) >= 11 is 0. The van der Waals surface area contributed by atoms with E-state index in [1.54, 1.807) is 6.92 Å². The first-order chi connectivity index (χ1) is 7.75. The molecular weight excluding hydrogens is 250 g/mol. The lowest BCUT2D eigenvalue weighted by atomic mass is 10.2. The zero-order valence-electron chi connectivity index (χ0n) is 9.52. The van der Waals surface area contributed by atoms with Crippen LogP contribution in [-0.2, 0) is 10.0 Å². The molecule has 0 aromatic heterocycles. The van der Waals surface area contributed by atoms with Gasteiger partial charge in [-0.15, -0.1) is 0 Å². The molecule has 0 atom stereocenters. The van der Waals surface area contributed by atoms with Crippen LogP contribution in [0.2, 0.25) is 0 Å². The molecule has 0 radical (unpaired) electrons. The Balaban J connectivity index is 3.09. The molecule has 1 aromatic rings. The van der Waals surface area contributed by atoms with E-state index in [1.165, 1.54) is 18.2 Å². The molecule has 0 amide bonds. The van der Waals surface area contributed by atoms with Crippen molar-refractivity contribution < 1.29 is 17.2 Å². The number of hydrogen-bond donors (Lipinski definition) is 1. The van der Waals surface area contributed by atoms with Gasteiger partial charge in [-0.3, -0.25) is 0 Å². The van der Waals surface area contributed by atoms with Crippen LogP contribution in [0.4, 0.5) is 14.5 Å². The third kappa shape index (κ3) is 3.13. The Bertz CT molecular complexity index is 503. The predicted molar refractivity (Wildman–Crippen MR) is 61.4 cm³/mol. The highest BCUT2D eigenvalue weighted by Crippen LogP contribution is 2.20. The third-order valence-corrected chi connectivity index (χ3v) is 4.16. The largest absolute Gasteiger partial charge is 0.399 e. The summed E-state index contributed by atoms with van der Waals surface area (Å²) in [6, 6.07) is 4.12. The molecular formula is C10H14F2N2O2S. The molecule has 0 bridgehead atoms. The number of nitrogens with zero attached hydrogens (tertiary/aromatic N) is 1. The highest BCUT2D eigenvalue weighted by Gasteiger charge is 2.23. The molecule has 17 heavy (non-hydrogen) atoms. The summed E-state index contributed by atoms with van der Waals surface area (Å²) in [4.78, 5) is -0.0349. The van der Waals surface area contributed by atoms with Gasteiger partial charge >= 0.3 is 0 Å². The average Bonchev–Trinajstić information content (AvgIpc) is 2.20.